The van der Waals surface area contributed by atoms with Crippen LogP contribution in [0.1, 0.15) is 80.6 Å². The molecule has 0 radical (unpaired) electrons. The van der Waals surface area contributed by atoms with E-state index in [4.69, 9.17) is 0 Å². The van der Waals surface area contributed by atoms with Gasteiger partial charge in [-0.05, 0) is 37.7 Å². The van der Waals surface area contributed by atoms with Crippen molar-refractivity contribution in [2.75, 3.05) is 13.1 Å². The number of nitrogens with one attached hydrogen (secondary N) is 1. The molecule has 1 saturated carbocycles. The van der Waals surface area contributed by atoms with Crippen molar-refractivity contribution in [2.45, 2.75) is 77.2 Å². The Labute approximate surface area is 174 Å². The molecule has 0 unspecified atom stereocenters. The third-order valence-corrected chi connectivity index (χ3v) is 6.42. The van der Waals surface area contributed by atoms with Gasteiger partial charge in [0.15, 0.2) is 5.78 Å². The van der Waals surface area contributed by atoms with Crippen molar-refractivity contribution in [1.29, 1.82) is 0 Å². The summed E-state index contributed by atoms with van der Waals surface area (Å²) in [5, 5.41) is 3.20. The van der Waals surface area contributed by atoms with Crippen molar-refractivity contribution in [1.82, 2.24) is 10.2 Å². The highest BCUT2D eigenvalue weighted by Gasteiger charge is 2.27. The van der Waals surface area contributed by atoms with Crippen molar-refractivity contribution in [2.24, 2.45) is 5.92 Å². The van der Waals surface area contributed by atoms with E-state index in [2.05, 4.69) is 12.2 Å². The molecule has 158 valence electrons. The van der Waals surface area contributed by atoms with E-state index in [0.717, 1.165) is 44.9 Å². The molecule has 1 aromatic carbocycles. The topological polar surface area (TPSA) is 66.5 Å². The quantitative estimate of drug-likeness (QED) is 0.709. The van der Waals surface area contributed by atoms with Crippen molar-refractivity contribution in [3.63, 3.8) is 0 Å². The van der Waals surface area contributed by atoms with Gasteiger partial charge in [0.05, 0.1) is 0 Å². The van der Waals surface area contributed by atoms with Gasteiger partial charge in [0.2, 0.25) is 11.8 Å². The summed E-state index contributed by atoms with van der Waals surface area (Å²) in [5.41, 5.74) is 1.88. The van der Waals surface area contributed by atoms with Crippen LogP contribution in [-0.2, 0) is 16.0 Å². The Morgan fingerprint density at radius 1 is 0.931 bits per heavy atom. The zero-order valence-electron chi connectivity index (χ0n) is 17.6. The smallest absolute Gasteiger partial charge is 0.223 e. The number of aryl methyl sites for hydroxylation is 1. The van der Waals surface area contributed by atoms with Gasteiger partial charge in [-0.2, -0.15) is 0 Å². The summed E-state index contributed by atoms with van der Waals surface area (Å²) < 4.78 is 0. The monoisotopic (exact) mass is 398 g/mol. The van der Waals surface area contributed by atoms with Gasteiger partial charge in [0.1, 0.15) is 0 Å². The van der Waals surface area contributed by atoms with E-state index < -0.39 is 0 Å². The summed E-state index contributed by atoms with van der Waals surface area (Å²) in [6.45, 7) is 3.40. The number of hydrogen-bond acceptors (Lipinski definition) is 3. The van der Waals surface area contributed by atoms with Crippen molar-refractivity contribution < 1.29 is 14.4 Å². The maximum atomic E-state index is 12.5. The SMILES string of the molecule is CCc1ccc(C(=O)CCC(=O)N2CCC(NC(=O)C3CCCCC3)CC2)cc1. The van der Waals surface area contributed by atoms with E-state index in [1.807, 2.05) is 29.2 Å². The molecule has 29 heavy (non-hydrogen) atoms. The summed E-state index contributed by atoms with van der Waals surface area (Å²) in [6, 6.07) is 7.83. The number of amides is 2. The number of Topliss-reactive ketones (excluding diaryl/α,β-unsaturated/α-hetero) is 1. The van der Waals surface area contributed by atoms with Gasteiger partial charge in [-0.1, -0.05) is 50.5 Å². The average molecular weight is 399 g/mol. The van der Waals surface area contributed by atoms with Crippen molar-refractivity contribution in [3.05, 3.63) is 35.4 Å². The molecule has 5 nitrogen and oxygen atoms in total. The van der Waals surface area contributed by atoms with Crippen molar-refractivity contribution >= 4 is 17.6 Å². The second kappa shape index (κ2) is 10.6. The van der Waals surface area contributed by atoms with E-state index in [-0.39, 0.29) is 42.4 Å². The molecule has 2 aliphatic rings. The fourth-order valence-electron chi connectivity index (χ4n) is 4.41. The minimum absolute atomic E-state index is 0.0237. The lowest BCUT2D eigenvalue weighted by Crippen LogP contribution is -2.48. The molecule has 1 aliphatic carbocycles. The lowest BCUT2D eigenvalue weighted by Gasteiger charge is -2.33. The normalized spacial score (nSPS) is 18.4. The van der Waals surface area contributed by atoms with Crippen LogP contribution in [0.5, 0.6) is 0 Å². The highest BCUT2D eigenvalue weighted by atomic mass is 16.2. The van der Waals surface area contributed by atoms with E-state index in [9.17, 15) is 14.4 Å². The predicted octanol–water partition coefficient (Wildman–Crippen LogP) is 3.90. The minimum atomic E-state index is 0.0237. The third kappa shape index (κ3) is 6.15. The molecule has 0 spiro atoms. The molecule has 1 aromatic rings. The Balaban J connectivity index is 1.38. The molecule has 3 rings (SSSR count). The zero-order chi connectivity index (χ0) is 20.6. The Morgan fingerprint density at radius 2 is 1.59 bits per heavy atom. The first-order valence-electron chi connectivity index (χ1n) is 11.3. The molecule has 0 aromatic heterocycles. The van der Waals surface area contributed by atoms with E-state index in [1.54, 1.807) is 0 Å². The van der Waals surface area contributed by atoms with Crippen LogP contribution >= 0.6 is 0 Å². The van der Waals surface area contributed by atoms with Crippen LogP contribution in [0.15, 0.2) is 24.3 Å². The van der Waals surface area contributed by atoms with E-state index >= 15 is 0 Å². The molecule has 1 saturated heterocycles. The summed E-state index contributed by atoms with van der Waals surface area (Å²) in [6.07, 6.45) is 8.65. The van der Waals surface area contributed by atoms with Gasteiger partial charge < -0.3 is 10.2 Å². The van der Waals surface area contributed by atoms with E-state index in [0.29, 0.717) is 18.7 Å². The lowest BCUT2D eigenvalue weighted by molar-refractivity contribution is -0.132. The first-order chi connectivity index (χ1) is 14.1. The number of carbonyl (C=O) groups is 3. The van der Waals surface area contributed by atoms with Gasteiger partial charge in [0, 0.05) is 43.5 Å². The number of ketones is 1. The third-order valence-electron chi connectivity index (χ3n) is 6.42. The minimum Gasteiger partial charge on any atom is -0.353 e. The maximum Gasteiger partial charge on any atom is 0.223 e. The fraction of sp³-hybridized carbons (Fsp3) is 0.625. The highest BCUT2D eigenvalue weighted by molar-refractivity contribution is 5.98. The molecular formula is C24H34N2O3. The molecular weight excluding hydrogens is 364 g/mol. The van der Waals surface area contributed by atoms with Gasteiger partial charge in [-0.15, -0.1) is 0 Å². The molecule has 2 fully saturated rings. The Morgan fingerprint density at radius 3 is 2.21 bits per heavy atom. The first-order valence-corrected chi connectivity index (χ1v) is 11.3. The summed E-state index contributed by atoms with van der Waals surface area (Å²) >= 11 is 0. The van der Waals surface area contributed by atoms with Gasteiger partial charge in [-0.25, -0.2) is 0 Å². The van der Waals surface area contributed by atoms with Crippen LogP contribution in [0, 0.1) is 5.92 Å². The number of hydrogen-bond donors (Lipinski definition) is 1. The van der Waals surface area contributed by atoms with Crippen molar-refractivity contribution in [3.8, 4) is 0 Å². The Bertz CT molecular complexity index is 699. The van der Waals surface area contributed by atoms with Gasteiger partial charge in [-0.3, -0.25) is 14.4 Å². The number of nitrogens with zero attached hydrogens (tertiary/aromatic N) is 1. The van der Waals surface area contributed by atoms with Gasteiger partial charge in [0.25, 0.3) is 0 Å². The average Bonchev–Trinajstić information content (AvgIpc) is 2.78. The molecule has 5 heteroatoms. The standard InChI is InChI=1S/C24H34N2O3/c1-2-18-8-10-19(11-9-18)22(27)12-13-23(28)26-16-14-21(15-17-26)25-24(29)20-6-4-3-5-7-20/h8-11,20-21H,2-7,12-17H2,1H3,(H,25,29). The molecule has 0 atom stereocenters. The van der Waals surface area contributed by atoms with Crippen LogP contribution in [0.4, 0.5) is 0 Å². The van der Waals surface area contributed by atoms with E-state index in [1.165, 1.54) is 12.0 Å². The van der Waals surface area contributed by atoms with Crippen LogP contribution in [0.2, 0.25) is 0 Å². The number of benzene rings is 1. The second-order valence-electron chi connectivity index (χ2n) is 8.47. The zero-order valence-corrected chi connectivity index (χ0v) is 17.6. The summed E-state index contributed by atoms with van der Waals surface area (Å²) in [4.78, 5) is 39.1. The predicted molar refractivity (Wildman–Crippen MR) is 114 cm³/mol. The number of carbonyl (C=O) groups excluding carboxylic acids is 3. The van der Waals surface area contributed by atoms with Crippen LogP contribution in [0.25, 0.3) is 0 Å². The largest absolute Gasteiger partial charge is 0.353 e. The van der Waals surface area contributed by atoms with Crippen LogP contribution in [0.3, 0.4) is 0 Å². The molecule has 0 bridgehead atoms. The summed E-state index contributed by atoms with van der Waals surface area (Å²) in [7, 11) is 0. The fourth-order valence-corrected chi connectivity index (χ4v) is 4.41. The Kier molecular flexibility index (Phi) is 7.84. The molecule has 2 amide bonds. The lowest BCUT2D eigenvalue weighted by atomic mass is 9.88. The maximum absolute atomic E-state index is 12.5. The van der Waals surface area contributed by atoms with Crippen LogP contribution < -0.4 is 5.32 Å². The molecule has 1 N–H and O–H groups in total. The van der Waals surface area contributed by atoms with Crippen LogP contribution in [-0.4, -0.2) is 41.6 Å². The molecule has 1 heterocycles. The number of piperidine rings is 1. The summed E-state index contributed by atoms with van der Waals surface area (Å²) in [5.74, 6) is 0.450. The number of likely N-dealkylation sites (tertiary alicyclic amines) is 1. The second-order valence-corrected chi connectivity index (χ2v) is 8.47. The number of rotatable bonds is 7. The van der Waals surface area contributed by atoms with Gasteiger partial charge >= 0.3 is 0 Å². The Hall–Kier alpha value is -2.17. The molecule has 1 aliphatic heterocycles. The highest BCUT2D eigenvalue weighted by Crippen LogP contribution is 2.24. The first kappa shape index (κ1) is 21.5.